The SMILES string of the molecule is C=CC(=O)N(CCCCCCCCCC)CC[N+](C)(C)CCCC(=O)[O-]. The normalized spacial score (nSPS) is 11.3. The van der Waals surface area contributed by atoms with Crippen molar-refractivity contribution in [3.8, 4) is 0 Å². The molecule has 152 valence electrons. The minimum absolute atomic E-state index is 0.0114. The molecule has 5 heteroatoms. The first-order valence-corrected chi connectivity index (χ1v) is 10.3. The fourth-order valence-corrected chi connectivity index (χ4v) is 3.05. The second kappa shape index (κ2) is 14.8. The van der Waals surface area contributed by atoms with Crippen LogP contribution in [0.3, 0.4) is 0 Å². The van der Waals surface area contributed by atoms with E-state index in [9.17, 15) is 14.7 Å². The number of rotatable bonds is 17. The van der Waals surface area contributed by atoms with Gasteiger partial charge in [-0.25, -0.2) is 0 Å². The van der Waals surface area contributed by atoms with Crippen LogP contribution in [0.1, 0.15) is 71.1 Å². The quantitative estimate of drug-likeness (QED) is 0.225. The largest absolute Gasteiger partial charge is 0.550 e. The highest BCUT2D eigenvalue weighted by Gasteiger charge is 2.18. The zero-order chi connectivity index (χ0) is 19.8. The monoisotopic (exact) mass is 368 g/mol. The first kappa shape index (κ1) is 24.6. The summed E-state index contributed by atoms with van der Waals surface area (Å²) in [6, 6.07) is 0. The summed E-state index contributed by atoms with van der Waals surface area (Å²) in [7, 11) is 4.14. The first-order valence-electron chi connectivity index (χ1n) is 10.3. The van der Waals surface area contributed by atoms with Crippen LogP contribution >= 0.6 is 0 Å². The van der Waals surface area contributed by atoms with Crippen molar-refractivity contribution in [3.05, 3.63) is 12.7 Å². The van der Waals surface area contributed by atoms with Crippen LogP contribution in [0.2, 0.25) is 0 Å². The number of hydrogen-bond acceptors (Lipinski definition) is 3. The number of carbonyl (C=O) groups excluding carboxylic acids is 2. The maximum Gasteiger partial charge on any atom is 0.246 e. The van der Waals surface area contributed by atoms with E-state index in [0.29, 0.717) is 17.4 Å². The number of carbonyl (C=O) groups is 2. The molecular weight excluding hydrogens is 328 g/mol. The van der Waals surface area contributed by atoms with Gasteiger partial charge in [-0.2, -0.15) is 0 Å². The van der Waals surface area contributed by atoms with E-state index in [4.69, 9.17) is 0 Å². The van der Waals surface area contributed by atoms with Gasteiger partial charge in [0, 0.05) is 18.9 Å². The van der Waals surface area contributed by atoms with E-state index in [1.807, 2.05) is 4.90 Å². The summed E-state index contributed by atoms with van der Waals surface area (Å²) in [4.78, 5) is 24.5. The van der Waals surface area contributed by atoms with Crippen molar-refractivity contribution in [2.24, 2.45) is 0 Å². The van der Waals surface area contributed by atoms with Crippen LogP contribution in [0, 0.1) is 0 Å². The van der Waals surface area contributed by atoms with Crippen LogP contribution < -0.4 is 5.11 Å². The second-order valence-corrected chi connectivity index (χ2v) is 7.86. The van der Waals surface area contributed by atoms with Crippen LogP contribution in [-0.2, 0) is 9.59 Å². The molecule has 0 spiro atoms. The minimum Gasteiger partial charge on any atom is -0.550 e. The number of amides is 1. The minimum atomic E-state index is -0.997. The molecule has 0 aromatic carbocycles. The number of carboxylic acids is 1. The Bertz CT molecular complexity index is 408. The number of quaternary nitrogens is 1. The van der Waals surface area contributed by atoms with Gasteiger partial charge in [-0.15, -0.1) is 0 Å². The first-order chi connectivity index (χ1) is 12.3. The summed E-state index contributed by atoms with van der Waals surface area (Å²) in [5, 5.41) is 10.5. The van der Waals surface area contributed by atoms with Gasteiger partial charge >= 0.3 is 0 Å². The van der Waals surface area contributed by atoms with Gasteiger partial charge < -0.3 is 19.3 Å². The molecule has 0 aliphatic carbocycles. The molecule has 0 aromatic rings. The van der Waals surface area contributed by atoms with E-state index in [2.05, 4.69) is 27.6 Å². The smallest absolute Gasteiger partial charge is 0.246 e. The van der Waals surface area contributed by atoms with Gasteiger partial charge in [0.2, 0.25) is 5.91 Å². The number of unbranched alkanes of at least 4 members (excludes halogenated alkanes) is 7. The van der Waals surface area contributed by atoms with Gasteiger partial charge in [0.25, 0.3) is 0 Å². The molecule has 0 saturated carbocycles. The molecule has 0 aliphatic heterocycles. The topological polar surface area (TPSA) is 60.4 Å². The third-order valence-electron chi connectivity index (χ3n) is 4.89. The van der Waals surface area contributed by atoms with Crippen molar-refractivity contribution in [3.63, 3.8) is 0 Å². The van der Waals surface area contributed by atoms with Crippen LogP contribution in [0.4, 0.5) is 0 Å². The Balaban J connectivity index is 4.10. The van der Waals surface area contributed by atoms with E-state index in [1.165, 1.54) is 44.6 Å². The standard InChI is InChI=1S/C21H40N2O3/c1-5-7-8-9-10-11-12-13-16-22(20(24)6-2)17-19-23(3,4)18-14-15-21(25)26/h6H,2,5,7-19H2,1,3-4H3. The van der Waals surface area contributed by atoms with Crippen molar-refractivity contribution in [2.45, 2.75) is 71.1 Å². The molecule has 0 bridgehead atoms. The molecule has 0 heterocycles. The van der Waals surface area contributed by atoms with Crippen molar-refractivity contribution < 1.29 is 19.2 Å². The van der Waals surface area contributed by atoms with Crippen molar-refractivity contribution >= 4 is 11.9 Å². The third kappa shape index (κ3) is 13.9. The Labute approximate surface area is 160 Å². The average Bonchev–Trinajstić information content (AvgIpc) is 2.58. The van der Waals surface area contributed by atoms with Crippen molar-refractivity contribution in [1.82, 2.24) is 4.90 Å². The van der Waals surface area contributed by atoms with E-state index in [-0.39, 0.29) is 12.3 Å². The van der Waals surface area contributed by atoms with E-state index in [1.54, 1.807) is 0 Å². The van der Waals surface area contributed by atoms with E-state index < -0.39 is 5.97 Å². The van der Waals surface area contributed by atoms with Gasteiger partial charge in [-0.1, -0.05) is 58.4 Å². The third-order valence-corrected chi connectivity index (χ3v) is 4.89. The van der Waals surface area contributed by atoms with E-state index in [0.717, 1.165) is 32.5 Å². The van der Waals surface area contributed by atoms with Gasteiger partial charge in [-0.3, -0.25) is 4.79 Å². The van der Waals surface area contributed by atoms with Crippen molar-refractivity contribution in [1.29, 1.82) is 0 Å². The highest BCUT2D eigenvalue weighted by molar-refractivity contribution is 5.86. The summed E-state index contributed by atoms with van der Waals surface area (Å²) in [5.41, 5.74) is 0. The molecule has 1 amide bonds. The maximum absolute atomic E-state index is 12.1. The Morgan fingerprint density at radius 3 is 2.04 bits per heavy atom. The summed E-state index contributed by atoms with van der Waals surface area (Å²) in [6.45, 7) is 8.88. The van der Waals surface area contributed by atoms with Crippen LogP contribution in [0.5, 0.6) is 0 Å². The lowest BCUT2D eigenvalue weighted by Gasteiger charge is -2.32. The molecule has 0 unspecified atom stereocenters. The lowest BCUT2D eigenvalue weighted by Crippen LogP contribution is -2.47. The Hall–Kier alpha value is -1.36. The average molecular weight is 369 g/mol. The molecule has 0 fully saturated rings. The predicted octanol–water partition coefficient (Wildman–Crippen LogP) is 2.75. The molecule has 0 N–H and O–H groups in total. The summed E-state index contributed by atoms with van der Waals surface area (Å²) >= 11 is 0. The zero-order valence-corrected chi connectivity index (χ0v) is 17.3. The molecule has 26 heavy (non-hydrogen) atoms. The molecular formula is C21H40N2O3. The number of hydrogen-bond donors (Lipinski definition) is 0. The lowest BCUT2D eigenvalue weighted by atomic mass is 10.1. The number of nitrogens with zero attached hydrogens (tertiary/aromatic N) is 2. The van der Waals surface area contributed by atoms with Crippen molar-refractivity contribution in [2.75, 3.05) is 40.3 Å². The van der Waals surface area contributed by atoms with Gasteiger partial charge in [-0.05, 0) is 18.9 Å². The molecule has 0 aliphatic rings. The Morgan fingerprint density at radius 2 is 1.50 bits per heavy atom. The van der Waals surface area contributed by atoms with E-state index >= 15 is 0 Å². The highest BCUT2D eigenvalue weighted by atomic mass is 16.4. The number of aliphatic carboxylic acids is 1. The predicted molar refractivity (Wildman–Crippen MR) is 105 cm³/mol. The molecule has 0 radical (unpaired) electrons. The van der Waals surface area contributed by atoms with Crippen LogP contribution in [-0.4, -0.2) is 61.5 Å². The molecule has 0 rings (SSSR count). The molecule has 5 nitrogen and oxygen atoms in total. The molecule has 0 atom stereocenters. The van der Waals surface area contributed by atoms with Gasteiger partial charge in [0.15, 0.2) is 0 Å². The Kier molecular flexibility index (Phi) is 14.0. The molecule has 0 saturated heterocycles. The summed E-state index contributed by atoms with van der Waals surface area (Å²) in [5.74, 6) is -1.01. The number of carboxylic acid groups (broad SMARTS) is 1. The zero-order valence-electron chi connectivity index (χ0n) is 17.3. The van der Waals surface area contributed by atoms with Gasteiger partial charge in [0.05, 0.1) is 33.7 Å². The van der Waals surface area contributed by atoms with Crippen LogP contribution in [0.25, 0.3) is 0 Å². The molecule has 0 aromatic heterocycles. The van der Waals surface area contributed by atoms with Gasteiger partial charge in [0.1, 0.15) is 0 Å². The summed E-state index contributed by atoms with van der Waals surface area (Å²) < 4.78 is 0.700. The lowest BCUT2D eigenvalue weighted by molar-refractivity contribution is -0.889. The van der Waals surface area contributed by atoms with Crippen LogP contribution in [0.15, 0.2) is 12.7 Å². The number of likely N-dealkylation sites (N-methyl/N-ethyl adjacent to an activating group) is 1. The fraction of sp³-hybridized carbons (Fsp3) is 0.810. The maximum atomic E-state index is 12.1. The summed E-state index contributed by atoms with van der Waals surface area (Å²) in [6.07, 6.45) is 12.1. The fourth-order valence-electron chi connectivity index (χ4n) is 3.05. The second-order valence-electron chi connectivity index (χ2n) is 7.86. The Morgan fingerprint density at radius 1 is 0.923 bits per heavy atom. The highest BCUT2D eigenvalue weighted by Crippen LogP contribution is 2.10.